The van der Waals surface area contributed by atoms with Gasteiger partial charge in [-0.2, -0.15) is 0 Å². The Morgan fingerprint density at radius 2 is 2.11 bits per heavy atom. The molecule has 2 aromatic heterocycles. The van der Waals surface area contributed by atoms with Gasteiger partial charge in [0.1, 0.15) is 7.05 Å². The van der Waals surface area contributed by atoms with E-state index in [1.807, 2.05) is 19.1 Å². The number of rotatable bonds is 3. The highest BCUT2D eigenvalue weighted by Crippen LogP contribution is 2.35. The monoisotopic (exact) mass is 375 g/mol. The minimum atomic E-state index is -0.266. The first kappa shape index (κ1) is 18.5. The van der Waals surface area contributed by atoms with Crippen LogP contribution in [0.1, 0.15) is 52.5 Å². The van der Waals surface area contributed by atoms with E-state index in [9.17, 15) is 4.79 Å². The number of allylic oxidation sites excluding steroid dienone is 1. The highest BCUT2D eigenvalue weighted by atomic mass is 16.5. The summed E-state index contributed by atoms with van der Waals surface area (Å²) >= 11 is 0. The van der Waals surface area contributed by atoms with Gasteiger partial charge in [-0.05, 0) is 62.5 Å². The maximum absolute atomic E-state index is 12.1. The molecule has 0 saturated heterocycles. The normalized spacial score (nSPS) is 15.1. The van der Waals surface area contributed by atoms with Crippen molar-refractivity contribution in [2.24, 2.45) is 14.1 Å². The second-order valence-electron chi connectivity index (χ2n) is 7.58. The first-order valence-corrected chi connectivity index (χ1v) is 9.95. The predicted molar refractivity (Wildman–Crippen MR) is 112 cm³/mol. The van der Waals surface area contributed by atoms with Crippen LogP contribution in [0.5, 0.6) is 0 Å². The fraction of sp³-hybridized carbons (Fsp3) is 0.333. The Labute approximate surface area is 166 Å². The molecule has 0 bridgehead atoms. The molecule has 0 fully saturated rings. The molecular formula is C24H27N2O2+. The SMILES string of the molecule is CCOC(=O)c1ccc2c(/C=C3\CCCc4c[n+](C)ccc43)c(C)n(C)c2c1. The molecule has 0 atom stereocenters. The van der Waals surface area contributed by atoms with Crippen molar-refractivity contribution in [2.75, 3.05) is 6.61 Å². The number of aromatic nitrogens is 2. The van der Waals surface area contributed by atoms with Crippen LogP contribution in [-0.2, 0) is 25.3 Å². The van der Waals surface area contributed by atoms with E-state index in [0.29, 0.717) is 12.2 Å². The van der Waals surface area contributed by atoms with Gasteiger partial charge >= 0.3 is 5.97 Å². The highest BCUT2D eigenvalue weighted by molar-refractivity contribution is 6.00. The second-order valence-corrected chi connectivity index (χ2v) is 7.58. The molecule has 0 amide bonds. The van der Waals surface area contributed by atoms with Crippen LogP contribution < -0.4 is 4.57 Å². The lowest BCUT2D eigenvalue weighted by atomic mass is 9.87. The van der Waals surface area contributed by atoms with Gasteiger partial charge in [0, 0.05) is 40.8 Å². The Bertz CT molecular complexity index is 1110. The molecule has 0 aliphatic heterocycles. The van der Waals surface area contributed by atoms with E-state index in [2.05, 4.69) is 60.8 Å². The van der Waals surface area contributed by atoms with E-state index >= 15 is 0 Å². The van der Waals surface area contributed by atoms with Gasteiger partial charge in [0.15, 0.2) is 12.4 Å². The van der Waals surface area contributed by atoms with Crippen molar-refractivity contribution in [3.63, 3.8) is 0 Å². The number of ether oxygens (including phenoxy) is 1. The Morgan fingerprint density at radius 3 is 2.89 bits per heavy atom. The third-order valence-electron chi connectivity index (χ3n) is 5.79. The zero-order valence-corrected chi connectivity index (χ0v) is 17.1. The summed E-state index contributed by atoms with van der Waals surface area (Å²) in [6, 6.07) is 8.10. The van der Waals surface area contributed by atoms with Gasteiger partial charge in [0.25, 0.3) is 0 Å². The predicted octanol–water partition coefficient (Wildman–Crippen LogP) is 4.36. The summed E-state index contributed by atoms with van der Waals surface area (Å²) in [6.45, 7) is 4.36. The largest absolute Gasteiger partial charge is 0.462 e. The molecule has 0 unspecified atom stereocenters. The number of carbonyl (C=O) groups excluding carboxylic acids is 1. The van der Waals surface area contributed by atoms with Crippen LogP contribution in [0.3, 0.4) is 0 Å². The molecule has 1 aromatic carbocycles. The lowest BCUT2D eigenvalue weighted by Gasteiger charge is -2.17. The van der Waals surface area contributed by atoms with E-state index in [4.69, 9.17) is 4.74 Å². The fourth-order valence-corrected chi connectivity index (χ4v) is 4.21. The minimum Gasteiger partial charge on any atom is -0.462 e. The number of benzene rings is 1. The van der Waals surface area contributed by atoms with Gasteiger partial charge in [0.2, 0.25) is 0 Å². The van der Waals surface area contributed by atoms with E-state index in [1.54, 1.807) is 0 Å². The van der Waals surface area contributed by atoms with Crippen LogP contribution in [-0.4, -0.2) is 17.1 Å². The van der Waals surface area contributed by atoms with Crippen molar-refractivity contribution in [3.05, 3.63) is 64.6 Å². The molecular weight excluding hydrogens is 348 g/mol. The molecule has 1 aliphatic rings. The lowest BCUT2D eigenvalue weighted by Crippen LogP contribution is -2.28. The number of hydrogen-bond donors (Lipinski definition) is 0. The quantitative estimate of drug-likeness (QED) is 0.503. The van der Waals surface area contributed by atoms with Crippen LogP contribution >= 0.6 is 0 Å². The van der Waals surface area contributed by atoms with Crippen LogP contribution in [0.2, 0.25) is 0 Å². The molecule has 4 rings (SSSR count). The maximum Gasteiger partial charge on any atom is 0.338 e. The standard InChI is InChI=1S/C24H27N2O2/c1-5-28-24(27)18-9-10-21-22(16(2)26(4)23(21)14-18)13-17-7-6-8-19-15-25(3)12-11-20(17)19/h9-15H,5-8H2,1-4H3/q+1. The summed E-state index contributed by atoms with van der Waals surface area (Å²) in [6.07, 6.45) is 10.1. The maximum atomic E-state index is 12.1. The van der Waals surface area contributed by atoms with Crippen LogP contribution in [0.25, 0.3) is 22.6 Å². The third-order valence-corrected chi connectivity index (χ3v) is 5.79. The molecule has 3 aromatic rings. The molecule has 0 N–H and O–H groups in total. The van der Waals surface area contributed by atoms with Gasteiger partial charge in [0.05, 0.1) is 12.2 Å². The number of fused-ring (bicyclic) bond motifs is 2. The number of hydrogen-bond acceptors (Lipinski definition) is 2. The van der Waals surface area contributed by atoms with Gasteiger partial charge in [-0.3, -0.25) is 0 Å². The molecule has 4 nitrogen and oxygen atoms in total. The first-order valence-electron chi connectivity index (χ1n) is 9.95. The third kappa shape index (κ3) is 3.13. The minimum absolute atomic E-state index is 0.266. The zero-order chi connectivity index (χ0) is 19.8. The summed E-state index contributed by atoms with van der Waals surface area (Å²) in [5, 5.41) is 1.18. The average Bonchev–Trinajstić information content (AvgIpc) is 2.92. The number of carbonyl (C=O) groups is 1. The molecule has 28 heavy (non-hydrogen) atoms. The topological polar surface area (TPSA) is 35.1 Å². The van der Waals surface area contributed by atoms with Crippen LogP contribution in [0.15, 0.2) is 36.7 Å². The van der Waals surface area contributed by atoms with E-state index < -0.39 is 0 Å². The lowest BCUT2D eigenvalue weighted by molar-refractivity contribution is -0.672. The van der Waals surface area contributed by atoms with E-state index in [1.165, 1.54) is 39.8 Å². The zero-order valence-electron chi connectivity index (χ0n) is 17.1. The molecule has 4 heteroatoms. The Balaban J connectivity index is 1.83. The van der Waals surface area contributed by atoms with Crippen LogP contribution in [0, 0.1) is 6.92 Å². The van der Waals surface area contributed by atoms with Crippen LogP contribution in [0.4, 0.5) is 0 Å². The number of esters is 1. The average molecular weight is 375 g/mol. The summed E-state index contributed by atoms with van der Waals surface area (Å²) in [5.74, 6) is -0.266. The number of pyridine rings is 1. The highest BCUT2D eigenvalue weighted by Gasteiger charge is 2.19. The first-order chi connectivity index (χ1) is 13.5. The summed E-state index contributed by atoms with van der Waals surface area (Å²) in [4.78, 5) is 12.1. The second kappa shape index (κ2) is 7.27. The van der Waals surface area contributed by atoms with Crippen molar-refractivity contribution in [1.29, 1.82) is 0 Å². The Morgan fingerprint density at radius 1 is 1.29 bits per heavy atom. The molecule has 0 spiro atoms. The van der Waals surface area contributed by atoms with Gasteiger partial charge in [-0.15, -0.1) is 0 Å². The van der Waals surface area contributed by atoms with Crippen molar-refractivity contribution in [1.82, 2.24) is 4.57 Å². The van der Waals surface area contributed by atoms with Crippen molar-refractivity contribution < 1.29 is 14.1 Å². The summed E-state index contributed by atoms with van der Waals surface area (Å²) < 4.78 is 9.45. The molecule has 0 radical (unpaired) electrons. The molecule has 1 aliphatic carbocycles. The van der Waals surface area contributed by atoms with E-state index in [0.717, 1.165) is 18.4 Å². The smallest absolute Gasteiger partial charge is 0.338 e. The Kier molecular flexibility index (Phi) is 4.80. The molecule has 2 heterocycles. The van der Waals surface area contributed by atoms with Gasteiger partial charge in [-0.25, -0.2) is 9.36 Å². The van der Waals surface area contributed by atoms with Gasteiger partial charge in [-0.1, -0.05) is 6.07 Å². The summed E-state index contributed by atoms with van der Waals surface area (Å²) in [5.41, 5.74) is 8.29. The fourth-order valence-electron chi connectivity index (χ4n) is 4.21. The van der Waals surface area contributed by atoms with Gasteiger partial charge < -0.3 is 9.30 Å². The number of aryl methyl sites for hydroxylation is 3. The van der Waals surface area contributed by atoms with Crippen molar-refractivity contribution >= 4 is 28.5 Å². The molecule has 144 valence electrons. The Hall–Kier alpha value is -2.88. The van der Waals surface area contributed by atoms with E-state index in [-0.39, 0.29) is 5.97 Å². The summed E-state index contributed by atoms with van der Waals surface area (Å²) in [7, 11) is 4.14. The number of nitrogens with zero attached hydrogens (tertiary/aromatic N) is 2. The van der Waals surface area contributed by atoms with Crippen molar-refractivity contribution in [2.45, 2.75) is 33.1 Å². The molecule has 0 saturated carbocycles. The van der Waals surface area contributed by atoms with Crippen molar-refractivity contribution in [3.8, 4) is 0 Å².